The number of halogens is 1. The number of carbonyl (C=O) groups excluding carboxylic acids is 2. The fourth-order valence-electron chi connectivity index (χ4n) is 4.79. The van der Waals surface area contributed by atoms with Crippen LogP contribution in [0, 0.1) is 12.7 Å². The largest absolute Gasteiger partial charge is 0.486 e. The van der Waals surface area contributed by atoms with Crippen molar-refractivity contribution in [3.05, 3.63) is 83.7 Å². The number of ether oxygens (including phenoxy) is 2. The van der Waals surface area contributed by atoms with Gasteiger partial charge in [-0.2, -0.15) is 0 Å². The maximum atomic E-state index is 14.2. The van der Waals surface area contributed by atoms with Crippen LogP contribution in [0.1, 0.15) is 45.2 Å². The number of nitrogens with one attached hydrogen (secondary N) is 1. The molecule has 0 radical (unpaired) electrons. The monoisotopic (exact) mass is 611 g/mol. The van der Waals surface area contributed by atoms with E-state index in [0.717, 1.165) is 27.6 Å². The molecule has 3 aromatic rings. The summed E-state index contributed by atoms with van der Waals surface area (Å²) in [4.78, 5) is 29.0. The lowest BCUT2D eigenvalue weighted by atomic mass is 10.0. The number of hydrogen-bond donors (Lipinski definition) is 1. The number of benzene rings is 3. The summed E-state index contributed by atoms with van der Waals surface area (Å²) in [5.74, 6) is -0.819. The third-order valence-electron chi connectivity index (χ3n) is 6.98. The number of fused-ring (bicyclic) bond motifs is 1. The molecule has 43 heavy (non-hydrogen) atoms. The number of anilines is 1. The van der Waals surface area contributed by atoms with E-state index in [2.05, 4.69) is 5.32 Å². The van der Waals surface area contributed by atoms with Gasteiger partial charge >= 0.3 is 0 Å². The highest BCUT2D eigenvalue weighted by atomic mass is 32.2. The normalized spacial score (nSPS) is 13.6. The van der Waals surface area contributed by atoms with Crippen LogP contribution >= 0.6 is 0 Å². The van der Waals surface area contributed by atoms with E-state index >= 15 is 0 Å². The molecule has 1 aliphatic rings. The summed E-state index contributed by atoms with van der Waals surface area (Å²) in [7, 11) is -4.36. The van der Waals surface area contributed by atoms with Crippen LogP contribution in [0.5, 0.6) is 11.5 Å². The zero-order valence-electron chi connectivity index (χ0n) is 25.1. The summed E-state index contributed by atoms with van der Waals surface area (Å²) in [6.07, 6.45) is 0.297. The van der Waals surface area contributed by atoms with Crippen LogP contribution in [0.15, 0.2) is 71.6 Å². The third kappa shape index (κ3) is 7.64. The molecule has 11 heteroatoms. The Hall–Kier alpha value is -4.12. The number of hydrogen-bond acceptors (Lipinski definition) is 6. The Balaban J connectivity index is 1.76. The smallest absolute Gasteiger partial charge is 0.264 e. The first-order chi connectivity index (χ1) is 20.3. The number of rotatable bonds is 10. The lowest BCUT2D eigenvalue weighted by Gasteiger charge is -2.35. The lowest BCUT2D eigenvalue weighted by molar-refractivity contribution is -0.141. The van der Waals surface area contributed by atoms with Gasteiger partial charge in [0.25, 0.3) is 10.0 Å². The second kappa shape index (κ2) is 13.0. The summed E-state index contributed by atoms with van der Waals surface area (Å²) in [6, 6.07) is 15.7. The van der Waals surface area contributed by atoms with E-state index < -0.39 is 39.9 Å². The molecule has 9 nitrogen and oxygen atoms in total. The van der Waals surface area contributed by atoms with E-state index in [0.29, 0.717) is 18.8 Å². The molecular weight excluding hydrogens is 573 g/mol. The molecule has 0 bridgehead atoms. The Kier molecular flexibility index (Phi) is 9.64. The van der Waals surface area contributed by atoms with Crippen molar-refractivity contribution >= 4 is 27.5 Å². The number of carbonyl (C=O) groups is 2. The number of sulfonamides is 1. The van der Waals surface area contributed by atoms with E-state index in [1.54, 1.807) is 6.92 Å². The standard InChI is InChI=1S/C32H38FN3O6S/c1-6-27(31(38)34-32(3,4)5)35(20-23-10-8-7-9-22(23)2)30(37)21-36(25-13-11-24(33)12-14-25)43(39,40)26-15-16-28-29(19-26)42-18-17-41-28/h7-16,19,27H,6,17-18,20-21H2,1-5H3,(H,34,38). The second-order valence-electron chi connectivity index (χ2n) is 11.4. The zero-order chi connectivity index (χ0) is 31.4. The van der Waals surface area contributed by atoms with Gasteiger partial charge in [-0.25, -0.2) is 12.8 Å². The predicted molar refractivity (Wildman–Crippen MR) is 162 cm³/mol. The maximum Gasteiger partial charge on any atom is 0.264 e. The first-order valence-electron chi connectivity index (χ1n) is 14.1. The molecule has 1 aliphatic heterocycles. The van der Waals surface area contributed by atoms with Crippen molar-refractivity contribution in [2.75, 3.05) is 24.1 Å². The molecule has 1 unspecified atom stereocenters. The molecule has 1 atom stereocenters. The van der Waals surface area contributed by atoms with Crippen molar-refractivity contribution in [1.29, 1.82) is 0 Å². The van der Waals surface area contributed by atoms with Crippen LogP contribution in [0.2, 0.25) is 0 Å². The quantitative estimate of drug-likeness (QED) is 0.353. The average molecular weight is 612 g/mol. The molecule has 0 aromatic heterocycles. The highest BCUT2D eigenvalue weighted by Gasteiger charge is 2.35. The van der Waals surface area contributed by atoms with E-state index in [1.165, 1.54) is 35.2 Å². The van der Waals surface area contributed by atoms with Crippen LogP contribution in [0.25, 0.3) is 0 Å². The first-order valence-corrected chi connectivity index (χ1v) is 15.6. The molecular formula is C32H38FN3O6S. The molecule has 0 fully saturated rings. The van der Waals surface area contributed by atoms with Gasteiger partial charge in [0.1, 0.15) is 31.6 Å². The van der Waals surface area contributed by atoms with Crippen molar-refractivity contribution in [2.45, 2.75) is 64.1 Å². The molecule has 1 N–H and O–H groups in total. The third-order valence-corrected chi connectivity index (χ3v) is 8.75. The van der Waals surface area contributed by atoms with Crippen LogP contribution in [0.4, 0.5) is 10.1 Å². The predicted octanol–water partition coefficient (Wildman–Crippen LogP) is 4.82. The van der Waals surface area contributed by atoms with Crippen molar-refractivity contribution < 1.29 is 31.9 Å². The lowest BCUT2D eigenvalue weighted by Crippen LogP contribution is -2.55. The van der Waals surface area contributed by atoms with Crippen LogP contribution in [-0.4, -0.2) is 56.5 Å². The molecule has 1 heterocycles. The van der Waals surface area contributed by atoms with E-state index in [4.69, 9.17) is 9.47 Å². The average Bonchev–Trinajstić information content (AvgIpc) is 2.96. The van der Waals surface area contributed by atoms with Crippen LogP contribution in [-0.2, 0) is 26.2 Å². The molecule has 230 valence electrons. The molecule has 0 saturated heterocycles. The van der Waals surface area contributed by atoms with Gasteiger partial charge in [-0.3, -0.25) is 13.9 Å². The molecule has 0 saturated carbocycles. The topological polar surface area (TPSA) is 105 Å². The van der Waals surface area contributed by atoms with E-state index in [-0.39, 0.29) is 35.4 Å². The fraction of sp³-hybridized carbons (Fsp3) is 0.375. The Morgan fingerprint density at radius 1 is 0.977 bits per heavy atom. The van der Waals surface area contributed by atoms with Crippen LogP contribution in [0.3, 0.4) is 0 Å². The van der Waals surface area contributed by atoms with Gasteiger partial charge in [-0.05, 0) is 81.6 Å². The Morgan fingerprint density at radius 2 is 1.63 bits per heavy atom. The molecule has 0 aliphatic carbocycles. The summed E-state index contributed by atoms with van der Waals surface area (Å²) in [5.41, 5.74) is 1.28. The highest BCUT2D eigenvalue weighted by molar-refractivity contribution is 7.92. The summed E-state index contributed by atoms with van der Waals surface area (Å²) in [5, 5.41) is 2.95. The summed E-state index contributed by atoms with van der Waals surface area (Å²) in [6.45, 7) is 9.31. The Labute approximate surface area is 252 Å². The minimum atomic E-state index is -4.36. The minimum absolute atomic E-state index is 0.0862. The first kappa shape index (κ1) is 31.8. The fourth-order valence-corrected chi connectivity index (χ4v) is 6.22. The van der Waals surface area contributed by atoms with Crippen molar-refractivity contribution in [3.8, 4) is 11.5 Å². The van der Waals surface area contributed by atoms with Crippen molar-refractivity contribution in [3.63, 3.8) is 0 Å². The maximum absolute atomic E-state index is 14.2. The Bertz CT molecular complexity index is 1570. The molecule has 2 amide bonds. The molecule has 4 rings (SSSR count). The Morgan fingerprint density at radius 3 is 2.26 bits per heavy atom. The van der Waals surface area contributed by atoms with Gasteiger partial charge in [0, 0.05) is 18.2 Å². The number of amides is 2. The number of aryl methyl sites for hydroxylation is 1. The molecule has 0 spiro atoms. The molecule has 3 aromatic carbocycles. The highest BCUT2D eigenvalue weighted by Crippen LogP contribution is 2.34. The van der Waals surface area contributed by atoms with E-state index in [9.17, 15) is 22.4 Å². The second-order valence-corrected chi connectivity index (χ2v) is 13.3. The van der Waals surface area contributed by atoms with Gasteiger partial charge in [0.15, 0.2) is 11.5 Å². The van der Waals surface area contributed by atoms with Gasteiger partial charge in [-0.15, -0.1) is 0 Å². The SMILES string of the molecule is CCC(C(=O)NC(C)(C)C)N(Cc1ccccc1C)C(=O)CN(c1ccc(F)cc1)S(=O)(=O)c1ccc2c(c1)OCCO2. The minimum Gasteiger partial charge on any atom is -0.486 e. The van der Waals surface area contributed by atoms with Crippen LogP contribution < -0.4 is 19.1 Å². The number of nitrogens with zero attached hydrogens (tertiary/aromatic N) is 2. The van der Waals surface area contributed by atoms with Crippen molar-refractivity contribution in [2.24, 2.45) is 0 Å². The van der Waals surface area contributed by atoms with E-state index in [1.807, 2.05) is 52.0 Å². The zero-order valence-corrected chi connectivity index (χ0v) is 25.9. The van der Waals surface area contributed by atoms with Gasteiger partial charge in [0.05, 0.1) is 10.6 Å². The van der Waals surface area contributed by atoms with Gasteiger partial charge in [-0.1, -0.05) is 31.2 Å². The van der Waals surface area contributed by atoms with Gasteiger partial charge in [0.2, 0.25) is 11.8 Å². The summed E-state index contributed by atoms with van der Waals surface area (Å²) >= 11 is 0. The van der Waals surface area contributed by atoms with Gasteiger partial charge < -0.3 is 19.7 Å². The van der Waals surface area contributed by atoms with Crippen molar-refractivity contribution in [1.82, 2.24) is 10.2 Å². The summed E-state index contributed by atoms with van der Waals surface area (Å²) < 4.78 is 54.2.